The predicted octanol–water partition coefficient (Wildman–Crippen LogP) is 15.6. The lowest BCUT2D eigenvalue weighted by Gasteiger charge is -2.18. The van der Waals surface area contributed by atoms with E-state index >= 15 is 0 Å². The zero-order chi connectivity index (χ0) is 40.7. The molecule has 0 aromatic carbocycles. The molecule has 0 N–H and O–H groups in total. The Balaban J connectivity index is 4.31. The van der Waals surface area contributed by atoms with Crippen LogP contribution in [-0.4, -0.2) is 37.9 Å². The van der Waals surface area contributed by atoms with E-state index in [1.165, 1.54) is 83.5 Å². The van der Waals surface area contributed by atoms with Crippen LogP contribution in [0.1, 0.15) is 213 Å². The molecule has 0 aliphatic rings. The number of carbonyl (C=O) groups excluding carboxylic acids is 2. The van der Waals surface area contributed by atoms with Gasteiger partial charge in [0.25, 0.3) is 0 Å². The zero-order valence-electron chi connectivity index (χ0n) is 36.9. The number of carbonyl (C=O) groups is 2. The van der Waals surface area contributed by atoms with Gasteiger partial charge in [-0.15, -0.1) is 0 Å². The summed E-state index contributed by atoms with van der Waals surface area (Å²) >= 11 is 0. The first-order chi connectivity index (χ1) is 27.6. The average Bonchev–Trinajstić information content (AvgIpc) is 3.20. The molecule has 0 rings (SSSR count). The lowest BCUT2D eigenvalue weighted by molar-refractivity contribution is -0.163. The van der Waals surface area contributed by atoms with Crippen LogP contribution in [0.3, 0.4) is 0 Å². The molecule has 1 unspecified atom stereocenters. The van der Waals surface area contributed by atoms with Crippen LogP contribution in [0.2, 0.25) is 0 Å². The number of esters is 2. The number of unbranched alkanes of at least 4 members (excludes halogenated alkanes) is 19. The molecule has 0 aliphatic carbocycles. The highest BCUT2D eigenvalue weighted by Gasteiger charge is 2.17. The van der Waals surface area contributed by atoms with Crippen molar-refractivity contribution >= 4 is 11.9 Å². The van der Waals surface area contributed by atoms with Crippen LogP contribution < -0.4 is 0 Å². The van der Waals surface area contributed by atoms with Gasteiger partial charge < -0.3 is 14.2 Å². The fourth-order valence-corrected chi connectivity index (χ4v) is 6.30. The fraction of sp³-hybridized carbons (Fsp3) is 0.725. The Hall–Kier alpha value is -2.66. The van der Waals surface area contributed by atoms with E-state index in [1.807, 2.05) is 0 Å². The van der Waals surface area contributed by atoms with Crippen molar-refractivity contribution in [2.45, 2.75) is 219 Å². The Bertz CT molecular complexity index is 1020. The number of hydrogen-bond donors (Lipinski definition) is 0. The largest absolute Gasteiger partial charge is 0.462 e. The van der Waals surface area contributed by atoms with E-state index in [-0.39, 0.29) is 25.2 Å². The SMILES string of the molecule is CC/C=C\C/C=C\C/C=C\CCCCCCCCOCC(COC(=O)CCCCC/C=C\C/C=C\C/C=C\CC)OC(=O)CCCCCCCCCCCCC. The first-order valence-electron chi connectivity index (χ1n) is 23.5. The topological polar surface area (TPSA) is 61.8 Å². The summed E-state index contributed by atoms with van der Waals surface area (Å²) in [6.07, 6.45) is 59.0. The maximum atomic E-state index is 12.7. The van der Waals surface area contributed by atoms with E-state index in [9.17, 15) is 9.59 Å². The molecule has 0 saturated carbocycles. The lowest BCUT2D eigenvalue weighted by Crippen LogP contribution is -2.30. The Morgan fingerprint density at radius 1 is 0.411 bits per heavy atom. The van der Waals surface area contributed by atoms with Gasteiger partial charge in [0.2, 0.25) is 0 Å². The molecule has 5 nitrogen and oxygen atoms in total. The van der Waals surface area contributed by atoms with Crippen LogP contribution in [0.25, 0.3) is 0 Å². The summed E-state index contributed by atoms with van der Waals surface area (Å²) < 4.78 is 17.3. The molecule has 0 aromatic heterocycles. The molecule has 0 heterocycles. The van der Waals surface area contributed by atoms with E-state index < -0.39 is 6.10 Å². The second-order valence-corrected chi connectivity index (χ2v) is 15.3. The van der Waals surface area contributed by atoms with Crippen molar-refractivity contribution in [1.29, 1.82) is 0 Å². The Labute approximate surface area is 347 Å². The molecule has 0 spiro atoms. The molecule has 0 aromatic rings. The quantitative estimate of drug-likeness (QED) is 0.0351. The molecule has 1 atom stereocenters. The highest BCUT2D eigenvalue weighted by molar-refractivity contribution is 5.70. The van der Waals surface area contributed by atoms with Crippen molar-refractivity contribution in [3.63, 3.8) is 0 Å². The minimum absolute atomic E-state index is 0.0638. The smallest absolute Gasteiger partial charge is 0.306 e. The van der Waals surface area contributed by atoms with Gasteiger partial charge in [0, 0.05) is 19.4 Å². The first kappa shape index (κ1) is 53.3. The van der Waals surface area contributed by atoms with Gasteiger partial charge in [0.1, 0.15) is 6.61 Å². The molecular weight excluding hydrogens is 693 g/mol. The average molecular weight is 781 g/mol. The van der Waals surface area contributed by atoms with E-state index in [0.29, 0.717) is 19.4 Å². The van der Waals surface area contributed by atoms with Crippen molar-refractivity contribution in [2.24, 2.45) is 0 Å². The molecule has 5 heteroatoms. The predicted molar refractivity (Wildman–Crippen MR) is 242 cm³/mol. The summed E-state index contributed by atoms with van der Waals surface area (Å²) in [7, 11) is 0. The summed E-state index contributed by atoms with van der Waals surface area (Å²) in [5, 5.41) is 0. The monoisotopic (exact) mass is 781 g/mol. The Morgan fingerprint density at radius 3 is 1.30 bits per heavy atom. The molecule has 0 aliphatic heterocycles. The number of ether oxygens (including phenoxy) is 3. The van der Waals surface area contributed by atoms with Gasteiger partial charge in [0.15, 0.2) is 6.10 Å². The fourth-order valence-electron chi connectivity index (χ4n) is 6.30. The second kappa shape index (κ2) is 46.7. The van der Waals surface area contributed by atoms with E-state index in [2.05, 4.69) is 93.7 Å². The summed E-state index contributed by atoms with van der Waals surface area (Å²) in [5.74, 6) is -0.439. The lowest BCUT2D eigenvalue weighted by atomic mass is 10.1. The van der Waals surface area contributed by atoms with Crippen LogP contribution in [0, 0.1) is 0 Å². The highest BCUT2D eigenvalue weighted by atomic mass is 16.6. The summed E-state index contributed by atoms with van der Waals surface area (Å²) in [6, 6.07) is 0. The van der Waals surface area contributed by atoms with Crippen LogP contribution in [0.15, 0.2) is 72.9 Å². The van der Waals surface area contributed by atoms with E-state index in [4.69, 9.17) is 14.2 Å². The van der Waals surface area contributed by atoms with Gasteiger partial charge >= 0.3 is 11.9 Å². The highest BCUT2D eigenvalue weighted by Crippen LogP contribution is 2.14. The van der Waals surface area contributed by atoms with Crippen molar-refractivity contribution in [1.82, 2.24) is 0 Å². The van der Waals surface area contributed by atoms with Gasteiger partial charge in [-0.3, -0.25) is 9.59 Å². The van der Waals surface area contributed by atoms with E-state index in [0.717, 1.165) is 96.3 Å². The van der Waals surface area contributed by atoms with Crippen molar-refractivity contribution < 1.29 is 23.8 Å². The van der Waals surface area contributed by atoms with Crippen LogP contribution in [0.5, 0.6) is 0 Å². The van der Waals surface area contributed by atoms with Gasteiger partial charge in [0.05, 0.1) is 6.61 Å². The maximum Gasteiger partial charge on any atom is 0.306 e. The van der Waals surface area contributed by atoms with Crippen LogP contribution in [-0.2, 0) is 23.8 Å². The third-order valence-electron chi connectivity index (χ3n) is 9.74. The van der Waals surface area contributed by atoms with Crippen molar-refractivity contribution in [2.75, 3.05) is 19.8 Å². The molecule has 0 fully saturated rings. The Kier molecular flexibility index (Phi) is 44.5. The Morgan fingerprint density at radius 2 is 0.804 bits per heavy atom. The molecule has 56 heavy (non-hydrogen) atoms. The number of rotatable bonds is 42. The van der Waals surface area contributed by atoms with Gasteiger partial charge in [-0.1, -0.05) is 190 Å². The first-order valence-corrected chi connectivity index (χ1v) is 23.5. The molecular formula is C51H88O5. The zero-order valence-corrected chi connectivity index (χ0v) is 36.9. The summed E-state index contributed by atoms with van der Waals surface area (Å²) in [4.78, 5) is 25.2. The van der Waals surface area contributed by atoms with Crippen molar-refractivity contribution in [3.05, 3.63) is 72.9 Å². The van der Waals surface area contributed by atoms with Gasteiger partial charge in [-0.25, -0.2) is 0 Å². The third-order valence-corrected chi connectivity index (χ3v) is 9.74. The minimum atomic E-state index is -0.553. The van der Waals surface area contributed by atoms with Crippen LogP contribution >= 0.6 is 0 Å². The molecule has 0 radical (unpaired) electrons. The van der Waals surface area contributed by atoms with Gasteiger partial charge in [-0.05, 0) is 83.5 Å². The maximum absolute atomic E-state index is 12.7. The minimum Gasteiger partial charge on any atom is -0.462 e. The second-order valence-electron chi connectivity index (χ2n) is 15.3. The van der Waals surface area contributed by atoms with Crippen LogP contribution in [0.4, 0.5) is 0 Å². The molecule has 0 amide bonds. The number of allylic oxidation sites excluding steroid dienone is 12. The standard InChI is InChI=1S/C51H88O5/c1-4-7-10-13-16-19-22-24-25-26-28-31-34-37-40-43-46-54-47-49(56-51(53)45-42-39-36-33-29-21-18-15-12-9-6-3)48-55-50(52)44-41-38-35-32-30-27-23-20-17-14-11-8-5-2/h7-8,10-11,16-17,19-20,24-25,27,30,49H,4-6,9,12-15,18,21-23,26,28-29,31-48H2,1-3H3/b10-7-,11-8-,19-16-,20-17-,25-24-,30-27-. The van der Waals surface area contributed by atoms with Crippen molar-refractivity contribution in [3.8, 4) is 0 Å². The van der Waals surface area contributed by atoms with Gasteiger partial charge in [-0.2, -0.15) is 0 Å². The molecule has 322 valence electrons. The van der Waals surface area contributed by atoms with E-state index in [1.54, 1.807) is 0 Å². The summed E-state index contributed by atoms with van der Waals surface area (Å²) in [6.45, 7) is 7.54. The molecule has 0 saturated heterocycles. The normalized spacial score (nSPS) is 12.8. The molecule has 0 bridgehead atoms. The summed E-state index contributed by atoms with van der Waals surface area (Å²) in [5.41, 5.74) is 0. The number of hydrogen-bond acceptors (Lipinski definition) is 5. The third kappa shape index (κ3) is 44.1.